The average Bonchev–Trinajstić information content (AvgIpc) is 2.38. The van der Waals surface area contributed by atoms with Crippen molar-refractivity contribution < 1.29 is 0 Å². The van der Waals surface area contributed by atoms with Crippen molar-refractivity contribution in [3.8, 4) is 0 Å². The third-order valence-electron chi connectivity index (χ3n) is 3.74. The van der Waals surface area contributed by atoms with Gasteiger partial charge >= 0.3 is 0 Å². The summed E-state index contributed by atoms with van der Waals surface area (Å²) >= 11 is 0. The third kappa shape index (κ3) is 3.77. The minimum Gasteiger partial charge on any atom is -0.368 e. The van der Waals surface area contributed by atoms with E-state index in [1.165, 1.54) is 12.8 Å². The van der Waals surface area contributed by atoms with Crippen molar-refractivity contribution in [2.45, 2.75) is 32.4 Å². The van der Waals surface area contributed by atoms with E-state index in [0.29, 0.717) is 18.4 Å². The van der Waals surface area contributed by atoms with Crippen LogP contribution in [0.3, 0.4) is 0 Å². The Labute approximate surface area is 120 Å². The van der Waals surface area contributed by atoms with Crippen molar-refractivity contribution in [1.29, 1.82) is 0 Å². The lowest BCUT2D eigenvalue weighted by molar-refractivity contribution is 0.151. The maximum Gasteiger partial charge on any atom is 0.229 e. The fourth-order valence-electron chi connectivity index (χ4n) is 2.56. The molecular formula is C13H25N7. The van der Waals surface area contributed by atoms with E-state index in [9.17, 15) is 0 Å². The van der Waals surface area contributed by atoms with Crippen LogP contribution in [0.25, 0.3) is 0 Å². The first-order valence-corrected chi connectivity index (χ1v) is 7.11. The zero-order valence-electron chi connectivity index (χ0n) is 12.6. The SMILES string of the molecule is CC(N)C1CCCN(Cc2nc(N)nc(N(C)C)n2)C1. The van der Waals surface area contributed by atoms with Gasteiger partial charge in [0.1, 0.15) is 5.82 Å². The highest BCUT2D eigenvalue weighted by Crippen LogP contribution is 2.20. The predicted molar refractivity (Wildman–Crippen MR) is 80.2 cm³/mol. The van der Waals surface area contributed by atoms with Gasteiger partial charge in [0.25, 0.3) is 0 Å². The maximum atomic E-state index is 6.02. The van der Waals surface area contributed by atoms with Gasteiger partial charge in [0.15, 0.2) is 0 Å². The molecule has 0 bridgehead atoms. The molecule has 112 valence electrons. The van der Waals surface area contributed by atoms with Gasteiger partial charge in [-0.15, -0.1) is 0 Å². The number of piperidine rings is 1. The second kappa shape index (κ2) is 6.32. The molecule has 0 radical (unpaired) electrons. The summed E-state index contributed by atoms with van der Waals surface area (Å²) in [6.07, 6.45) is 2.38. The summed E-state index contributed by atoms with van der Waals surface area (Å²) in [5.74, 6) is 2.16. The van der Waals surface area contributed by atoms with Gasteiger partial charge in [-0.3, -0.25) is 4.90 Å². The van der Waals surface area contributed by atoms with Crippen molar-refractivity contribution in [1.82, 2.24) is 19.9 Å². The minimum atomic E-state index is 0.235. The Hall–Kier alpha value is -1.47. The first-order valence-electron chi connectivity index (χ1n) is 7.11. The zero-order valence-corrected chi connectivity index (χ0v) is 12.6. The molecule has 7 nitrogen and oxygen atoms in total. The highest BCUT2D eigenvalue weighted by molar-refractivity contribution is 5.32. The summed E-state index contributed by atoms with van der Waals surface area (Å²) in [6, 6.07) is 0.235. The molecule has 0 saturated carbocycles. The fourth-order valence-corrected chi connectivity index (χ4v) is 2.56. The van der Waals surface area contributed by atoms with E-state index in [0.717, 1.165) is 18.9 Å². The monoisotopic (exact) mass is 279 g/mol. The Balaban J connectivity index is 2.06. The van der Waals surface area contributed by atoms with Gasteiger partial charge < -0.3 is 16.4 Å². The fraction of sp³-hybridized carbons (Fsp3) is 0.769. The van der Waals surface area contributed by atoms with E-state index in [1.54, 1.807) is 0 Å². The highest BCUT2D eigenvalue weighted by Gasteiger charge is 2.23. The summed E-state index contributed by atoms with van der Waals surface area (Å²) < 4.78 is 0. The number of hydrogen-bond donors (Lipinski definition) is 2. The third-order valence-corrected chi connectivity index (χ3v) is 3.74. The standard InChI is InChI=1S/C13H25N7/c1-9(14)10-5-4-6-20(7-10)8-11-16-12(15)18-13(17-11)19(2)3/h9-10H,4-8,14H2,1-3H3,(H2,15,16,17,18). The molecule has 1 fully saturated rings. The van der Waals surface area contributed by atoms with Gasteiger partial charge in [0, 0.05) is 26.7 Å². The van der Waals surface area contributed by atoms with E-state index in [2.05, 4.69) is 26.8 Å². The molecule has 0 spiro atoms. The van der Waals surface area contributed by atoms with Crippen molar-refractivity contribution >= 4 is 11.9 Å². The maximum absolute atomic E-state index is 6.02. The Morgan fingerprint density at radius 3 is 2.75 bits per heavy atom. The van der Waals surface area contributed by atoms with Crippen LogP contribution in [0, 0.1) is 5.92 Å². The Kier molecular flexibility index (Phi) is 4.72. The quantitative estimate of drug-likeness (QED) is 0.805. The molecule has 0 aromatic carbocycles. The molecule has 7 heteroatoms. The van der Waals surface area contributed by atoms with E-state index < -0.39 is 0 Å². The van der Waals surface area contributed by atoms with E-state index in [-0.39, 0.29) is 12.0 Å². The molecule has 20 heavy (non-hydrogen) atoms. The van der Waals surface area contributed by atoms with Gasteiger partial charge in [-0.1, -0.05) is 0 Å². The van der Waals surface area contributed by atoms with Crippen LogP contribution in [0.4, 0.5) is 11.9 Å². The molecule has 0 aliphatic carbocycles. The topological polar surface area (TPSA) is 97.2 Å². The van der Waals surface area contributed by atoms with Crippen LogP contribution < -0.4 is 16.4 Å². The van der Waals surface area contributed by atoms with Crippen molar-refractivity contribution in [3.05, 3.63) is 5.82 Å². The molecule has 1 aliphatic heterocycles. The van der Waals surface area contributed by atoms with Gasteiger partial charge in [-0.05, 0) is 32.2 Å². The number of nitrogens with two attached hydrogens (primary N) is 2. The summed E-state index contributed by atoms with van der Waals surface area (Å²) in [5, 5.41) is 0. The van der Waals surface area contributed by atoms with E-state index in [1.807, 2.05) is 19.0 Å². The molecule has 1 aromatic heterocycles. The van der Waals surface area contributed by atoms with Crippen LogP contribution in [0.5, 0.6) is 0 Å². The van der Waals surface area contributed by atoms with Crippen molar-refractivity contribution in [3.63, 3.8) is 0 Å². The smallest absolute Gasteiger partial charge is 0.229 e. The minimum absolute atomic E-state index is 0.235. The number of nitrogens with zero attached hydrogens (tertiary/aromatic N) is 5. The van der Waals surface area contributed by atoms with Crippen molar-refractivity contribution in [2.24, 2.45) is 11.7 Å². The second-order valence-corrected chi connectivity index (χ2v) is 5.80. The Bertz CT molecular complexity index is 446. The highest BCUT2D eigenvalue weighted by atomic mass is 15.3. The number of nitrogen functional groups attached to an aromatic ring is 1. The van der Waals surface area contributed by atoms with Crippen LogP contribution in [0.2, 0.25) is 0 Å². The van der Waals surface area contributed by atoms with Crippen LogP contribution in [-0.4, -0.2) is 53.1 Å². The van der Waals surface area contributed by atoms with E-state index >= 15 is 0 Å². The second-order valence-electron chi connectivity index (χ2n) is 5.80. The number of aromatic nitrogens is 3. The molecule has 1 aromatic rings. The lowest BCUT2D eigenvalue weighted by atomic mass is 9.92. The van der Waals surface area contributed by atoms with Crippen LogP contribution in [-0.2, 0) is 6.54 Å². The van der Waals surface area contributed by atoms with Crippen LogP contribution in [0.1, 0.15) is 25.6 Å². The first-order chi connectivity index (χ1) is 9.45. The van der Waals surface area contributed by atoms with E-state index in [4.69, 9.17) is 11.5 Å². The number of rotatable bonds is 4. The van der Waals surface area contributed by atoms with Crippen molar-refractivity contribution in [2.75, 3.05) is 37.8 Å². The number of hydrogen-bond acceptors (Lipinski definition) is 7. The normalized spacial score (nSPS) is 21.7. The van der Waals surface area contributed by atoms with Gasteiger partial charge in [-0.25, -0.2) is 0 Å². The zero-order chi connectivity index (χ0) is 14.7. The number of likely N-dealkylation sites (tertiary alicyclic amines) is 1. The molecule has 4 N–H and O–H groups in total. The Morgan fingerprint density at radius 2 is 2.10 bits per heavy atom. The predicted octanol–water partition coefficient (Wildman–Crippen LogP) is 0.0790. The lowest BCUT2D eigenvalue weighted by Gasteiger charge is -2.34. The summed E-state index contributed by atoms with van der Waals surface area (Å²) in [4.78, 5) is 17.0. The van der Waals surface area contributed by atoms with Gasteiger partial charge in [-0.2, -0.15) is 15.0 Å². The number of anilines is 2. The first kappa shape index (κ1) is 14.9. The molecule has 0 amide bonds. The summed E-state index contributed by atoms with van der Waals surface area (Å²) in [7, 11) is 3.79. The average molecular weight is 279 g/mol. The molecule has 2 rings (SSSR count). The van der Waals surface area contributed by atoms with Gasteiger partial charge in [0.2, 0.25) is 11.9 Å². The largest absolute Gasteiger partial charge is 0.368 e. The molecule has 2 heterocycles. The molecule has 2 atom stereocenters. The molecule has 1 saturated heterocycles. The summed E-state index contributed by atoms with van der Waals surface area (Å²) in [6.45, 7) is 4.85. The van der Waals surface area contributed by atoms with Crippen LogP contribution in [0.15, 0.2) is 0 Å². The lowest BCUT2D eigenvalue weighted by Crippen LogP contribution is -2.42. The molecule has 1 aliphatic rings. The molecular weight excluding hydrogens is 254 g/mol. The Morgan fingerprint density at radius 1 is 1.35 bits per heavy atom. The molecule has 2 unspecified atom stereocenters. The van der Waals surface area contributed by atoms with Crippen LogP contribution >= 0.6 is 0 Å². The van der Waals surface area contributed by atoms with Gasteiger partial charge in [0.05, 0.1) is 6.54 Å². The summed E-state index contributed by atoms with van der Waals surface area (Å²) in [5.41, 5.74) is 11.8.